The highest BCUT2D eigenvalue weighted by atomic mass is 16.3. The molecule has 138 valence electrons. The first kappa shape index (κ1) is 18.3. The fourth-order valence-corrected chi connectivity index (χ4v) is 2.80. The third kappa shape index (κ3) is 3.57. The van der Waals surface area contributed by atoms with Crippen molar-refractivity contribution in [1.82, 2.24) is 15.2 Å². The number of carbonyl (C=O) groups is 1. The molecule has 0 saturated carbocycles. The van der Waals surface area contributed by atoms with E-state index in [4.69, 9.17) is 0 Å². The van der Waals surface area contributed by atoms with E-state index >= 15 is 0 Å². The molecule has 0 aliphatic carbocycles. The normalized spacial score (nSPS) is 11.6. The molecule has 1 amide bonds. The Morgan fingerprint density at radius 2 is 1.93 bits per heavy atom. The number of amides is 1. The Labute approximate surface area is 156 Å². The van der Waals surface area contributed by atoms with E-state index in [0.717, 1.165) is 5.56 Å². The number of aromatic hydroxyl groups is 1. The van der Waals surface area contributed by atoms with Gasteiger partial charge in [-0.25, -0.2) is 10.1 Å². The van der Waals surface area contributed by atoms with Gasteiger partial charge in [0, 0.05) is 17.5 Å². The van der Waals surface area contributed by atoms with Crippen LogP contribution in [-0.2, 0) is 6.54 Å². The van der Waals surface area contributed by atoms with Crippen LogP contribution in [0.5, 0.6) is 5.75 Å². The summed E-state index contributed by atoms with van der Waals surface area (Å²) < 4.78 is 1.25. The molecule has 0 atom stereocenters. The monoisotopic (exact) mass is 364 g/mol. The minimum atomic E-state index is -0.528. The Morgan fingerprint density at radius 1 is 1.22 bits per heavy atom. The predicted octanol–water partition coefficient (Wildman–Crippen LogP) is 2.58. The second kappa shape index (κ2) is 7.41. The standard InChI is InChI=1S/C20H20N4O3/c1-4-24-20(27)15-8-6-5-7-14(15)18(23-24)19(26)22-21-13(3)16-11-12(2)9-10-17(16)25/h5-11,25H,4H2,1-3H3,(H,22,26)/b21-13+. The van der Waals surface area contributed by atoms with Crippen molar-refractivity contribution in [3.8, 4) is 5.75 Å². The number of hydrogen-bond acceptors (Lipinski definition) is 5. The van der Waals surface area contributed by atoms with Crippen LogP contribution >= 0.6 is 0 Å². The van der Waals surface area contributed by atoms with Crippen LogP contribution in [0.15, 0.2) is 52.4 Å². The summed E-state index contributed by atoms with van der Waals surface area (Å²) in [6, 6.07) is 12.0. The maximum atomic E-state index is 12.7. The number of fused-ring (bicyclic) bond motifs is 1. The number of nitrogens with zero attached hydrogens (tertiary/aromatic N) is 3. The van der Waals surface area contributed by atoms with Crippen molar-refractivity contribution in [3.05, 3.63) is 69.6 Å². The van der Waals surface area contributed by atoms with Gasteiger partial charge in [0.25, 0.3) is 11.5 Å². The number of nitrogens with one attached hydrogen (secondary N) is 1. The number of hydrogen-bond donors (Lipinski definition) is 2. The van der Waals surface area contributed by atoms with Crippen LogP contribution in [0.2, 0.25) is 0 Å². The molecule has 0 spiro atoms. The first-order chi connectivity index (χ1) is 12.9. The summed E-state index contributed by atoms with van der Waals surface area (Å²) in [7, 11) is 0. The van der Waals surface area contributed by atoms with Gasteiger partial charge in [-0.05, 0) is 39.0 Å². The van der Waals surface area contributed by atoms with Gasteiger partial charge in [0.2, 0.25) is 0 Å². The molecule has 1 aromatic heterocycles. The molecule has 0 unspecified atom stereocenters. The number of aryl methyl sites for hydroxylation is 2. The van der Waals surface area contributed by atoms with Gasteiger partial charge in [-0.1, -0.05) is 29.8 Å². The highest BCUT2D eigenvalue weighted by molar-refractivity contribution is 6.06. The third-order valence-electron chi connectivity index (χ3n) is 4.25. The van der Waals surface area contributed by atoms with E-state index in [0.29, 0.717) is 28.6 Å². The van der Waals surface area contributed by atoms with Crippen molar-refractivity contribution in [2.45, 2.75) is 27.3 Å². The SMILES string of the molecule is CCn1nc(C(=O)N/N=C(\C)c2cc(C)ccc2O)c2ccccc2c1=O. The molecule has 7 heteroatoms. The molecule has 3 rings (SSSR count). The zero-order chi connectivity index (χ0) is 19.6. The van der Waals surface area contributed by atoms with E-state index in [1.165, 1.54) is 4.68 Å². The highest BCUT2D eigenvalue weighted by Crippen LogP contribution is 2.19. The van der Waals surface area contributed by atoms with E-state index in [1.54, 1.807) is 56.3 Å². The lowest BCUT2D eigenvalue weighted by Crippen LogP contribution is -2.28. The molecule has 7 nitrogen and oxygen atoms in total. The number of hydrazone groups is 1. The maximum Gasteiger partial charge on any atom is 0.292 e. The predicted molar refractivity (Wildman–Crippen MR) is 104 cm³/mol. The van der Waals surface area contributed by atoms with Gasteiger partial charge >= 0.3 is 0 Å². The van der Waals surface area contributed by atoms with Gasteiger partial charge in [-0.3, -0.25) is 9.59 Å². The fraction of sp³-hybridized carbons (Fsp3) is 0.200. The minimum Gasteiger partial charge on any atom is -0.507 e. The lowest BCUT2D eigenvalue weighted by molar-refractivity contribution is 0.0949. The van der Waals surface area contributed by atoms with Crippen LogP contribution in [0, 0.1) is 6.92 Å². The first-order valence-electron chi connectivity index (χ1n) is 8.57. The van der Waals surface area contributed by atoms with Crippen molar-refractivity contribution >= 4 is 22.4 Å². The van der Waals surface area contributed by atoms with Gasteiger partial charge in [-0.15, -0.1) is 0 Å². The molecule has 0 fully saturated rings. The van der Waals surface area contributed by atoms with E-state index < -0.39 is 5.91 Å². The zero-order valence-corrected chi connectivity index (χ0v) is 15.4. The molecule has 0 aliphatic rings. The second-order valence-electron chi connectivity index (χ2n) is 6.17. The first-order valence-corrected chi connectivity index (χ1v) is 8.57. The summed E-state index contributed by atoms with van der Waals surface area (Å²) in [5, 5.41) is 19.1. The third-order valence-corrected chi connectivity index (χ3v) is 4.25. The highest BCUT2D eigenvalue weighted by Gasteiger charge is 2.16. The summed E-state index contributed by atoms with van der Waals surface area (Å²) in [6.07, 6.45) is 0. The number of carbonyl (C=O) groups excluding carboxylic acids is 1. The van der Waals surface area contributed by atoms with Crippen molar-refractivity contribution in [2.24, 2.45) is 5.10 Å². The molecule has 0 bridgehead atoms. The van der Waals surface area contributed by atoms with Crippen LogP contribution in [0.1, 0.15) is 35.5 Å². The maximum absolute atomic E-state index is 12.7. The fourth-order valence-electron chi connectivity index (χ4n) is 2.80. The molecule has 0 aliphatic heterocycles. The van der Waals surface area contributed by atoms with Gasteiger partial charge in [0.1, 0.15) is 5.75 Å². The quantitative estimate of drug-likeness (QED) is 0.549. The van der Waals surface area contributed by atoms with Crippen molar-refractivity contribution in [2.75, 3.05) is 0 Å². The molecule has 0 radical (unpaired) electrons. The minimum absolute atomic E-state index is 0.0826. The zero-order valence-electron chi connectivity index (χ0n) is 15.4. The molecule has 0 saturated heterocycles. The largest absolute Gasteiger partial charge is 0.507 e. The molecular weight excluding hydrogens is 344 g/mol. The average Bonchev–Trinajstić information content (AvgIpc) is 2.68. The van der Waals surface area contributed by atoms with Gasteiger partial charge in [0.15, 0.2) is 5.69 Å². The molecule has 2 N–H and O–H groups in total. The van der Waals surface area contributed by atoms with Crippen LogP contribution < -0.4 is 11.0 Å². The summed E-state index contributed by atoms with van der Waals surface area (Å²) in [6.45, 7) is 5.73. The average molecular weight is 364 g/mol. The number of aromatic nitrogens is 2. The lowest BCUT2D eigenvalue weighted by atomic mass is 10.1. The van der Waals surface area contributed by atoms with Crippen LogP contribution in [-0.4, -0.2) is 26.5 Å². The Balaban J connectivity index is 1.98. The van der Waals surface area contributed by atoms with Crippen LogP contribution in [0.25, 0.3) is 10.8 Å². The van der Waals surface area contributed by atoms with Crippen LogP contribution in [0.4, 0.5) is 0 Å². The van der Waals surface area contributed by atoms with E-state index in [2.05, 4.69) is 15.6 Å². The van der Waals surface area contributed by atoms with Gasteiger partial charge < -0.3 is 5.11 Å². The molecular formula is C20H20N4O3. The topological polar surface area (TPSA) is 96.6 Å². The van der Waals surface area contributed by atoms with Gasteiger partial charge in [-0.2, -0.15) is 10.2 Å². The van der Waals surface area contributed by atoms with Crippen molar-refractivity contribution in [1.29, 1.82) is 0 Å². The summed E-state index contributed by atoms with van der Waals surface area (Å²) in [5.74, 6) is -0.445. The van der Waals surface area contributed by atoms with Crippen LogP contribution in [0.3, 0.4) is 0 Å². The molecule has 1 heterocycles. The summed E-state index contributed by atoms with van der Waals surface area (Å²) >= 11 is 0. The number of benzene rings is 2. The van der Waals surface area contributed by atoms with E-state index in [-0.39, 0.29) is 17.0 Å². The summed E-state index contributed by atoms with van der Waals surface area (Å²) in [5.41, 5.74) is 4.30. The van der Waals surface area contributed by atoms with Gasteiger partial charge in [0.05, 0.1) is 11.1 Å². The number of phenols is 1. The van der Waals surface area contributed by atoms with E-state index in [9.17, 15) is 14.7 Å². The van der Waals surface area contributed by atoms with Crippen molar-refractivity contribution in [3.63, 3.8) is 0 Å². The molecule has 27 heavy (non-hydrogen) atoms. The Kier molecular flexibility index (Phi) is 5.03. The Hall–Kier alpha value is -3.48. The Morgan fingerprint density at radius 3 is 2.63 bits per heavy atom. The molecule has 2 aromatic carbocycles. The number of phenolic OH excluding ortho intramolecular Hbond substituents is 1. The Bertz CT molecular complexity index is 1120. The van der Waals surface area contributed by atoms with Crippen molar-refractivity contribution < 1.29 is 9.90 Å². The van der Waals surface area contributed by atoms with E-state index in [1.807, 2.05) is 6.92 Å². The molecule has 3 aromatic rings. The second-order valence-corrected chi connectivity index (χ2v) is 6.17. The number of rotatable bonds is 4. The summed E-state index contributed by atoms with van der Waals surface area (Å²) in [4.78, 5) is 25.0. The lowest BCUT2D eigenvalue weighted by Gasteiger charge is -2.09. The smallest absolute Gasteiger partial charge is 0.292 e.